The maximum atomic E-state index is 12.3. The second-order valence-corrected chi connectivity index (χ2v) is 5.45. The quantitative estimate of drug-likeness (QED) is 0.653. The highest BCUT2D eigenvalue weighted by Crippen LogP contribution is 2.38. The molecule has 1 aliphatic heterocycles. The van der Waals surface area contributed by atoms with Crippen LogP contribution in [0.15, 0.2) is 43.1 Å². The molecule has 22 heavy (non-hydrogen) atoms. The molecule has 0 aliphatic carbocycles. The molecular formula is C15H14Cl2N2O3. The van der Waals surface area contributed by atoms with E-state index < -0.39 is 24.0 Å². The summed E-state index contributed by atoms with van der Waals surface area (Å²) >= 11 is 12.4. The van der Waals surface area contributed by atoms with Crippen LogP contribution < -0.4 is 10.6 Å². The van der Waals surface area contributed by atoms with Gasteiger partial charge in [-0.1, -0.05) is 48.5 Å². The Bertz CT molecular complexity index is 625. The molecular weight excluding hydrogens is 327 g/mol. The van der Waals surface area contributed by atoms with E-state index >= 15 is 0 Å². The van der Waals surface area contributed by atoms with Gasteiger partial charge in [-0.3, -0.25) is 4.79 Å². The fourth-order valence-electron chi connectivity index (χ4n) is 2.24. The summed E-state index contributed by atoms with van der Waals surface area (Å²) in [4.78, 5) is 24.0. The van der Waals surface area contributed by atoms with Crippen LogP contribution in [-0.2, 0) is 9.53 Å². The number of ether oxygens (including phenoxy) is 1. The van der Waals surface area contributed by atoms with Crippen LogP contribution in [0.1, 0.15) is 11.6 Å². The first-order chi connectivity index (χ1) is 10.5. The van der Waals surface area contributed by atoms with E-state index in [1.807, 2.05) is 0 Å². The Labute approximate surface area is 137 Å². The third-order valence-corrected chi connectivity index (χ3v) is 3.84. The predicted octanol–water partition coefficient (Wildman–Crippen LogP) is 3.21. The molecule has 1 aromatic carbocycles. The Morgan fingerprint density at radius 1 is 1.36 bits per heavy atom. The Hall–Kier alpha value is -1.98. The molecule has 1 aromatic rings. The molecule has 7 heteroatoms. The van der Waals surface area contributed by atoms with E-state index in [1.165, 1.54) is 6.08 Å². The third kappa shape index (κ3) is 3.26. The minimum absolute atomic E-state index is 0.0551. The van der Waals surface area contributed by atoms with Crippen LogP contribution in [0.5, 0.6) is 0 Å². The van der Waals surface area contributed by atoms with Crippen molar-refractivity contribution in [2.45, 2.75) is 6.04 Å². The molecule has 2 N–H and O–H groups in total. The molecule has 116 valence electrons. The maximum absolute atomic E-state index is 12.3. The molecule has 0 spiro atoms. The van der Waals surface area contributed by atoms with Crippen molar-refractivity contribution < 1.29 is 14.3 Å². The lowest BCUT2D eigenvalue weighted by Gasteiger charge is -2.34. The lowest BCUT2D eigenvalue weighted by atomic mass is 9.89. The molecule has 1 heterocycles. The zero-order valence-electron chi connectivity index (χ0n) is 11.6. The summed E-state index contributed by atoms with van der Waals surface area (Å²) in [6.07, 6.45) is 1.45. The Morgan fingerprint density at radius 3 is 2.59 bits per heavy atom. The van der Waals surface area contributed by atoms with Gasteiger partial charge in [-0.25, -0.2) is 4.79 Å². The van der Waals surface area contributed by atoms with Crippen molar-refractivity contribution in [2.75, 3.05) is 6.61 Å². The van der Waals surface area contributed by atoms with Gasteiger partial charge in [0.05, 0.1) is 6.04 Å². The Balaban J connectivity index is 2.43. The van der Waals surface area contributed by atoms with Gasteiger partial charge >= 0.3 is 12.0 Å². The first-order valence-corrected chi connectivity index (χ1v) is 7.19. The van der Waals surface area contributed by atoms with Crippen molar-refractivity contribution in [3.63, 3.8) is 0 Å². The monoisotopic (exact) mass is 340 g/mol. The fraction of sp³-hybridized carbons (Fsp3) is 0.200. The van der Waals surface area contributed by atoms with E-state index in [0.717, 1.165) is 0 Å². The number of esters is 1. The minimum Gasteiger partial charge on any atom is -0.461 e. The van der Waals surface area contributed by atoms with Crippen molar-refractivity contribution >= 4 is 35.2 Å². The van der Waals surface area contributed by atoms with Gasteiger partial charge in [0.25, 0.3) is 0 Å². The van der Waals surface area contributed by atoms with Crippen LogP contribution in [0.25, 0.3) is 0 Å². The first kappa shape index (κ1) is 16.4. The van der Waals surface area contributed by atoms with Crippen LogP contribution in [0.3, 0.4) is 0 Å². The highest BCUT2D eigenvalue weighted by Gasteiger charge is 2.40. The fourth-order valence-corrected chi connectivity index (χ4v) is 2.87. The number of amides is 2. The maximum Gasteiger partial charge on any atom is 0.319 e. The number of halogens is 2. The molecule has 0 unspecified atom stereocenters. The van der Waals surface area contributed by atoms with E-state index in [1.54, 1.807) is 18.2 Å². The topological polar surface area (TPSA) is 67.4 Å². The Morgan fingerprint density at radius 2 is 2.00 bits per heavy atom. The van der Waals surface area contributed by atoms with Gasteiger partial charge in [0.1, 0.15) is 12.5 Å². The van der Waals surface area contributed by atoms with Gasteiger partial charge in [0.15, 0.2) is 0 Å². The molecule has 0 saturated carbocycles. The number of hydrogen-bond acceptors (Lipinski definition) is 3. The molecule has 2 amide bonds. The standard InChI is InChI=1S/C15H14Cl2N2O3/c1-3-7-22-14(20)11-8(2)18-15(21)19-13(11)12-9(16)5-4-6-10(12)17/h3-6,11,13H,1-2,7H2,(H2,18,19,21)/t11-,13-/m0/s1. The van der Waals surface area contributed by atoms with E-state index in [-0.39, 0.29) is 12.3 Å². The second-order valence-electron chi connectivity index (χ2n) is 4.63. The number of rotatable bonds is 4. The van der Waals surface area contributed by atoms with Gasteiger partial charge in [0.2, 0.25) is 0 Å². The zero-order valence-corrected chi connectivity index (χ0v) is 13.1. The van der Waals surface area contributed by atoms with Gasteiger partial charge in [-0.15, -0.1) is 0 Å². The van der Waals surface area contributed by atoms with Crippen molar-refractivity contribution in [3.05, 3.63) is 58.7 Å². The number of carbonyl (C=O) groups is 2. The number of carbonyl (C=O) groups excluding carboxylic acids is 2. The van der Waals surface area contributed by atoms with Crippen molar-refractivity contribution in [2.24, 2.45) is 5.92 Å². The molecule has 1 aliphatic rings. The second kappa shape index (κ2) is 6.85. The van der Waals surface area contributed by atoms with Crippen molar-refractivity contribution in [1.29, 1.82) is 0 Å². The number of benzene rings is 1. The molecule has 0 radical (unpaired) electrons. The summed E-state index contributed by atoms with van der Waals surface area (Å²) in [6.45, 7) is 7.27. The average Bonchev–Trinajstić information content (AvgIpc) is 2.44. The van der Waals surface area contributed by atoms with Crippen molar-refractivity contribution in [1.82, 2.24) is 10.6 Å². The largest absolute Gasteiger partial charge is 0.461 e. The van der Waals surface area contributed by atoms with E-state index in [9.17, 15) is 9.59 Å². The van der Waals surface area contributed by atoms with Gasteiger partial charge < -0.3 is 15.4 Å². The summed E-state index contributed by atoms with van der Waals surface area (Å²) in [5.41, 5.74) is 0.668. The van der Waals surface area contributed by atoms with Crippen LogP contribution >= 0.6 is 23.2 Å². The van der Waals surface area contributed by atoms with Gasteiger partial charge in [-0.2, -0.15) is 0 Å². The van der Waals surface area contributed by atoms with Crippen LogP contribution in [0.2, 0.25) is 10.0 Å². The molecule has 0 aromatic heterocycles. The van der Waals surface area contributed by atoms with Crippen molar-refractivity contribution in [3.8, 4) is 0 Å². The summed E-state index contributed by atoms with van der Waals surface area (Å²) in [5.74, 6) is -1.41. The van der Waals surface area contributed by atoms with Gasteiger partial charge in [0, 0.05) is 21.3 Å². The molecule has 1 fully saturated rings. The lowest BCUT2D eigenvalue weighted by molar-refractivity contribution is -0.147. The molecule has 5 nitrogen and oxygen atoms in total. The molecule has 1 saturated heterocycles. The minimum atomic E-state index is -0.852. The molecule has 0 bridgehead atoms. The molecule has 2 atom stereocenters. The third-order valence-electron chi connectivity index (χ3n) is 3.18. The van der Waals surface area contributed by atoms with E-state index in [0.29, 0.717) is 15.6 Å². The van der Waals surface area contributed by atoms with E-state index in [4.69, 9.17) is 27.9 Å². The summed E-state index contributed by atoms with van der Waals surface area (Å²) < 4.78 is 5.07. The average molecular weight is 341 g/mol. The predicted molar refractivity (Wildman–Crippen MR) is 84.7 cm³/mol. The SMILES string of the molecule is C=CCOC(=O)[C@H]1C(=C)NC(=O)N[C@@H]1c1c(Cl)cccc1Cl. The van der Waals surface area contributed by atoms with Gasteiger partial charge in [-0.05, 0) is 12.1 Å². The van der Waals surface area contributed by atoms with Crippen LogP contribution in [0.4, 0.5) is 4.79 Å². The highest BCUT2D eigenvalue weighted by atomic mass is 35.5. The van der Waals surface area contributed by atoms with Crippen LogP contribution in [0, 0.1) is 5.92 Å². The summed E-state index contributed by atoms with van der Waals surface area (Å²) in [6, 6.07) is 3.69. The van der Waals surface area contributed by atoms with E-state index in [2.05, 4.69) is 23.8 Å². The molecule has 2 rings (SSSR count). The zero-order chi connectivity index (χ0) is 16.3. The number of urea groups is 1. The Kier molecular flexibility index (Phi) is 5.11. The van der Waals surface area contributed by atoms with Crippen LogP contribution in [-0.4, -0.2) is 18.6 Å². The smallest absolute Gasteiger partial charge is 0.319 e. The highest BCUT2D eigenvalue weighted by molar-refractivity contribution is 6.36. The number of hydrogen-bond donors (Lipinski definition) is 2. The number of nitrogens with one attached hydrogen (secondary N) is 2. The first-order valence-electron chi connectivity index (χ1n) is 6.43. The summed E-state index contributed by atoms with van der Waals surface area (Å²) in [5, 5.41) is 5.80. The lowest BCUT2D eigenvalue weighted by Crippen LogP contribution is -2.51. The normalized spacial score (nSPS) is 20.8. The summed E-state index contributed by atoms with van der Waals surface area (Å²) in [7, 11) is 0.